The third kappa shape index (κ3) is 2.09. The summed E-state index contributed by atoms with van der Waals surface area (Å²) < 4.78 is 4.28. The number of imidazole rings is 2. The summed E-state index contributed by atoms with van der Waals surface area (Å²) in [6.07, 6.45) is 3.49. The molecule has 1 aromatic carbocycles. The van der Waals surface area contributed by atoms with E-state index < -0.39 is 0 Å². The SMILES string of the molecule is Cc1cc(Br)c2nc(C)c(C(=O)n3cnc4ccccc43)n2c1. The van der Waals surface area contributed by atoms with Crippen LogP contribution in [0.25, 0.3) is 16.7 Å². The first-order valence-corrected chi connectivity index (χ1v) is 7.97. The van der Waals surface area contributed by atoms with Gasteiger partial charge in [0.2, 0.25) is 0 Å². The second-order valence-electron chi connectivity index (χ2n) is 5.51. The van der Waals surface area contributed by atoms with Crippen molar-refractivity contribution in [2.24, 2.45) is 0 Å². The predicted octanol–water partition coefficient (Wildman–Crippen LogP) is 3.75. The molecule has 0 saturated carbocycles. The smallest absolute Gasteiger partial charge is 0.282 e. The first kappa shape index (κ1) is 14.1. The zero-order valence-corrected chi connectivity index (χ0v) is 14.2. The van der Waals surface area contributed by atoms with Crippen LogP contribution in [0.4, 0.5) is 0 Å². The molecule has 0 aliphatic carbocycles. The van der Waals surface area contributed by atoms with Gasteiger partial charge >= 0.3 is 0 Å². The van der Waals surface area contributed by atoms with E-state index in [1.54, 1.807) is 10.9 Å². The van der Waals surface area contributed by atoms with Crippen LogP contribution in [0.2, 0.25) is 0 Å². The highest BCUT2D eigenvalue weighted by Crippen LogP contribution is 2.24. The van der Waals surface area contributed by atoms with Crippen molar-refractivity contribution in [3.8, 4) is 0 Å². The molecule has 114 valence electrons. The lowest BCUT2D eigenvalue weighted by Gasteiger charge is -2.06. The zero-order chi connectivity index (χ0) is 16.1. The summed E-state index contributed by atoms with van der Waals surface area (Å²) in [5, 5.41) is 0. The number of rotatable bonds is 1. The van der Waals surface area contributed by atoms with Gasteiger partial charge in [-0.25, -0.2) is 9.97 Å². The molecule has 0 N–H and O–H groups in total. The van der Waals surface area contributed by atoms with Crippen molar-refractivity contribution < 1.29 is 4.79 Å². The topological polar surface area (TPSA) is 52.2 Å². The molecule has 0 spiro atoms. The summed E-state index contributed by atoms with van der Waals surface area (Å²) in [7, 11) is 0. The van der Waals surface area contributed by atoms with Crippen LogP contribution in [0, 0.1) is 13.8 Å². The van der Waals surface area contributed by atoms with Gasteiger partial charge in [-0.15, -0.1) is 0 Å². The summed E-state index contributed by atoms with van der Waals surface area (Å²) in [5.41, 5.74) is 4.61. The Labute approximate surface area is 140 Å². The summed E-state index contributed by atoms with van der Waals surface area (Å²) >= 11 is 3.52. The standard InChI is InChI=1S/C17H13BrN4O/c1-10-7-12(18)16-20-11(2)15(21(16)8-10)17(23)22-9-19-13-5-3-4-6-14(13)22/h3-9H,1-2H3. The Hall–Kier alpha value is -2.47. The van der Waals surface area contributed by atoms with E-state index >= 15 is 0 Å². The largest absolute Gasteiger partial charge is 0.294 e. The van der Waals surface area contributed by atoms with Gasteiger partial charge < -0.3 is 0 Å². The molecule has 0 fully saturated rings. The maximum Gasteiger partial charge on any atom is 0.282 e. The normalized spacial score (nSPS) is 11.4. The van der Waals surface area contributed by atoms with Crippen molar-refractivity contribution in [3.63, 3.8) is 0 Å². The Morgan fingerprint density at radius 3 is 2.83 bits per heavy atom. The Balaban J connectivity index is 1.99. The maximum atomic E-state index is 13.1. The second kappa shape index (κ2) is 5.03. The molecular weight excluding hydrogens is 356 g/mol. The van der Waals surface area contributed by atoms with Gasteiger partial charge in [-0.3, -0.25) is 13.8 Å². The minimum atomic E-state index is -0.138. The van der Waals surface area contributed by atoms with Gasteiger partial charge in [0.05, 0.1) is 21.2 Å². The molecule has 0 radical (unpaired) electrons. The molecule has 4 rings (SSSR count). The number of pyridine rings is 1. The summed E-state index contributed by atoms with van der Waals surface area (Å²) in [6.45, 7) is 3.83. The highest BCUT2D eigenvalue weighted by atomic mass is 79.9. The number of nitrogens with zero attached hydrogens (tertiary/aromatic N) is 4. The van der Waals surface area contributed by atoms with Crippen LogP contribution in [0.1, 0.15) is 21.7 Å². The number of para-hydroxylation sites is 2. The molecule has 5 nitrogen and oxygen atoms in total. The molecule has 0 amide bonds. The number of aryl methyl sites for hydroxylation is 2. The van der Waals surface area contributed by atoms with Crippen molar-refractivity contribution >= 4 is 38.5 Å². The van der Waals surface area contributed by atoms with Crippen molar-refractivity contribution in [2.75, 3.05) is 0 Å². The molecular formula is C17H13BrN4O. The van der Waals surface area contributed by atoms with E-state index in [2.05, 4.69) is 25.9 Å². The van der Waals surface area contributed by atoms with Crippen LogP contribution >= 0.6 is 15.9 Å². The molecule has 3 heterocycles. The molecule has 3 aromatic heterocycles. The van der Waals surface area contributed by atoms with Gasteiger partial charge in [0.15, 0.2) is 5.65 Å². The summed E-state index contributed by atoms with van der Waals surface area (Å²) in [6, 6.07) is 9.57. The van der Waals surface area contributed by atoms with Gasteiger partial charge in [-0.2, -0.15) is 0 Å². The molecule has 0 saturated heterocycles. The first-order valence-electron chi connectivity index (χ1n) is 7.18. The van der Waals surface area contributed by atoms with Crippen molar-refractivity contribution in [1.29, 1.82) is 0 Å². The third-order valence-electron chi connectivity index (χ3n) is 3.86. The predicted molar refractivity (Wildman–Crippen MR) is 91.8 cm³/mol. The maximum absolute atomic E-state index is 13.1. The van der Waals surface area contributed by atoms with Crippen molar-refractivity contribution in [3.05, 3.63) is 64.3 Å². The lowest BCUT2D eigenvalue weighted by Crippen LogP contribution is -2.14. The minimum absolute atomic E-state index is 0.138. The van der Waals surface area contributed by atoms with E-state index in [0.29, 0.717) is 11.4 Å². The van der Waals surface area contributed by atoms with Crippen LogP contribution in [0.15, 0.2) is 47.3 Å². The average molecular weight is 369 g/mol. The third-order valence-corrected chi connectivity index (χ3v) is 4.44. The highest BCUT2D eigenvalue weighted by Gasteiger charge is 2.21. The van der Waals surface area contributed by atoms with Crippen LogP contribution in [0.5, 0.6) is 0 Å². The molecule has 4 aromatic rings. The van der Waals surface area contributed by atoms with Gasteiger partial charge in [0, 0.05) is 6.20 Å². The Morgan fingerprint density at radius 1 is 1.22 bits per heavy atom. The molecule has 6 heteroatoms. The Kier molecular flexibility index (Phi) is 3.09. The molecule has 0 aliphatic rings. The van der Waals surface area contributed by atoms with Crippen LogP contribution < -0.4 is 0 Å². The molecule has 0 atom stereocenters. The molecule has 0 unspecified atom stereocenters. The fraction of sp³-hybridized carbons (Fsp3) is 0.118. The molecule has 0 aliphatic heterocycles. The number of hydrogen-bond acceptors (Lipinski definition) is 3. The molecule has 23 heavy (non-hydrogen) atoms. The number of aromatic nitrogens is 4. The fourth-order valence-corrected chi connectivity index (χ4v) is 3.48. The number of benzene rings is 1. The van der Waals surface area contributed by atoms with E-state index in [1.165, 1.54) is 0 Å². The van der Waals surface area contributed by atoms with Crippen LogP contribution in [-0.2, 0) is 0 Å². The van der Waals surface area contributed by atoms with Crippen LogP contribution in [-0.4, -0.2) is 24.8 Å². The second-order valence-corrected chi connectivity index (χ2v) is 6.37. The highest BCUT2D eigenvalue weighted by molar-refractivity contribution is 9.10. The number of hydrogen-bond donors (Lipinski definition) is 0. The van der Waals surface area contributed by atoms with E-state index in [0.717, 1.165) is 26.7 Å². The summed E-state index contributed by atoms with van der Waals surface area (Å²) in [5.74, 6) is -0.138. The monoisotopic (exact) mass is 368 g/mol. The zero-order valence-electron chi connectivity index (χ0n) is 12.6. The lowest BCUT2D eigenvalue weighted by atomic mass is 10.2. The fourth-order valence-electron chi connectivity index (χ4n) is 2.84. The number of halogens is 1. The number of carbonyl (C=O) groups excluding carboxylic acids is 1. The van der Waals surface area contributed by atoms with Gasteiger partial charge in [0.1, 0.15) is 12.0 Å². The van der Waals surface area contributed by atoms with Crippen molar-refractivity contribution in [2.45, 2.75) is 13.8 Å². The van der Waals surface area contributed by atoms with Gasteiger partial charge in [-0.1, -0.05) is 12.1 Å². The van der Waals surface area contributed by atoms with Gasteiger partial charge in [0.25, 0.3) is 5.91 Å². The van der Waals surface area contributed by atoms with E-state index in [9.17, 15) is 4.79 Å². The first-order chi connectivity index (χ1) is 11.1. The van der Waals surface area contributed by atoms with Crippen LogP contribution in [0.3, 0.4) is 0 Å². The van der Waals surface area contributed by atoms with Gasteiger partial charge in [-0.05, 0) is 53.5 Å². The summed E-state index contributed by atoms with van der Waals surface area (Å²) in [4.78, 5) is 21.9. The van der Waals surface area contributed by atoms with E-state index in [1.807, 2.05) is 54.8 Å². The molecule has 0 bridgehead atoms. The quantitative estimate of drug-likeness (QED) is 0.514. The Morgan fingerprint density at radius 2 is 2.00 bits per heavy atom. The minimum Gasteiger partial charge on any atom is -0.294 e. The van der Waals surface area contributed by atoms with Crippen molar-refractivity contribution in [1.82, 2.24) is 18.9 Å². The van der Waals surface area contributed by atoms with E-state index in [4.69, 9.17) is 0 Å². The Bertz CT molecular complexity index is 1080. The van der Waals surface area contributed by atoms with E-state index in [-0.39, 0.29) is 5.91 Å². The number of fused-ring (bicyclic) bond motifs is 2. The number of carbonyl (C=O) groups is 1. The lowest BCUT2D eigenvalue weighted by molar-refractivity contribution is 0.0958. The average Bonchev–Trinajstić information content (AvgIpc) is 3.08.